The van der Waals surface area contributed by atoms with Gasteiger partial charge in [-0.05, 0) is 24.3 Å². The zero-order chi connectivity index (χ0) is 15.6. The van der Waals surface area contributed by atoms with Crippen LogP contribution in [0, 0.1) is 11.6 Å². The summed E-state index contributed by atoms with van der Waals surface area (Å²) in [5.74, 6) is -1.84. The molecule has 0 radical (unpaired) electrons. The number of nitrogen functional groups attached to an aromatic ring is 1. The standard InChI is InChI=1S/C13H9Cl2F2N3O/c14-7-2-1-6(3-8(7)15)19-13(21)20-12-5-11(18)9(16)4-10(12)17/h1-5H,18H2,(H2,19,20,21). The Kier molecular flexibility index (Phi) is 4.50. The molecule has 2 rings (SSSR count). The van der Waals surface area contributed by atoms with E-state index in [2.05, 4.69) is 10.6 Å². The van der Waals surface area contributed by atoms with Crippen LogP contribution >= 0.6 is 23.2 Å². The van der Waals surface area contributed by atoms with Crippen molar-refractivity contribution in [3.05, 3.63) is 52.0 Å². The van der Waals surface area contributed by atoms with Crippen molar-refractivity contribution in [2.24, 2.45) is 0 Å². The lowest BCUT2D eigenvalue weighted by Crippen LogP contribution is -2.20. The number of carbonyl (C=O) groups is 1. The van der Waals surface area contributed by atoms with Gasteiger partial charge in [0.2, 0.25) is 0 Å². The van der Waals surface area contributed by atoms with Gasteiger partial charge in [0.05, 0.1) is 21.4 Å². The third-order valence-electron chi connectivity index (χ3n) is 2.51. The van der Waals surface area contributed by atoms with Gasteiger partial charge in [-0.15, -0.1) is 0 Å². The van der Waals surface area contributed by atoms with Crippen LogP contribution in [0.5, 0.6) is 0 Å². The van der Waals surface area contributed by atoms with Crippen molar-refractivity contribution in [2.45, 2.75) is 0 Å². The lowest BCUT2D eigenvalue weighted by Gasteiger charge is -2.10. The van der Waals surface area contributed by atoms with Crippen LogP contribution in [-0.4, -0.2) is 6.03 Å². The molecule has 8 heteroatoms. The van der Waals surface area contributed by atoms with Gasteiger partial charge in [0, 0.05) is 11.8 Å². The molecule has 0 aliphatic rings. The summed E-state index contributed by atoms with van der Waals surface area (Å²) in [6, 6.07) is 5.28. The van der Waals surface area contributed by atoms with Crippen LogP contribution in [0.3, 0.4) is 0 Å². The van der Waals surface area contributed by atoms with Gasteiger partial charge >= 0.3 is 6.03 Å². The number of nitrogens with one attached hydrogen (secondary N) is 2. The van der Waals surface area contributed by atoms with Gasteiger partial charge in [-0.3, -0.25) is 0 Å². The second kappa shape index (κ2) is 6.15. The summed E-state index contributed by atoms with van der Waals surface area (Å²) < 4.78 is 26.5. The van der Waals surface area contributed by atoms with E-state index < -0.39 is 17.7 Å². The molecule has 4 N–H and O–H groups in total. The highest BCUT2D eigenvalue weighted by molar-refractivity contribution is 6.42. The number of anilines is 3. The Morgan fingerprint density at radius 2 is 1.71 bits per heavy atom. The largest absolute Gasteiger partial charge is 0.396 e. The predicted molar refractivity (Wildman–Crippen MR) is 79.9 cm³/mol. The van der Waals surface area contributed by atoms with Crippen molar-refractivity contribution >= 4 is 46.3 Å². The minimum atomic E-state index is -0.939. The molecule has 4 nitrogen and oxygen atoms in total. The fourth-order valence-corrected chi connectivity index (χ4v) is 1.82. The molecular formula is C13H9Cl2F2N3O. The lowest BCUT2D eigenvalue weighted by molar-refractivity contribution is 0.262. The molecule has 0 aliphatic heterocycles. The number of benzene rings is 2. The quantitative estimate of drug-likeness (QED) is 0.709. The maximum absolute atomic E-state index is 13.5. The molecule has 0 saturated carbocycles. The van der Waals surface area contributed by atoms with Crippen molar-refractivity contribution in [3.63, 3.8) is 0 Å². The highest BCUT2D eigenvalue weighted by atomic mass is 35.5. The van der Waals surface area contributed by atoms with Gasteiger partial charge in [0.15, 0.2) is 0 Å². The number of carbonyl (C=O) groups excluding carboxylic acids is 1. The Labute approximate surface area is 128 Å². The van der Waals surface area contributed by atoms with Gasteiger partial charge in [-0.25, -0.2) is 13.6 Å². The number of nitrogens with two attached hydrogens (primary N) is 1. The zero-order valence-corrected chi connectivity index (χ0v) is 11.9. The van der Waals surface area contributed by atoms with E-state index in [0.717, 1.165) is 6.07 Å². The van der Waals surface area contributed by atoms with Crippen molar-refractivity contribution in [1.82, 2.24) is 0 Å². The first-order chi connectivity index (χ1) is 9.86. The predicted octanol–water partition coefficient (Wildman–Crippen LogP) is 4.50. The van der Waals surface area contributed by atoms with Crippen molar-refractivity contribution < 1.29 is 13.6 Å². The maximum atomic E-state index is 13.5. The van der Waals surface area contributed by atoms with E-state index in [1.807, 2.05) is 0 Å². The number of rotatable bonds is 2. The van der Waals surface area contributed by atoms with E-state index in [1.165, 1.54) is 18.2 Å². The molecule has 0 spiro atoms. The molecule has 0 aromatic heterocycles. The smallest absolute Gasteiger partial charge is 0.323 e. The summed E-state index contributed by atoms with van der Waals surface area (Å²) in [4.78, 5) is 11.7. The van der Waals surface area contributed by atoms with E-state index in [4.69, 9.17) is 28.9 Å². The Bertz CT molecular complexity index is 710. The summed E-state index contributed by atoms with van der Waals surface area (Å²) in [7, 11) is 0. The third kappa shape index (κ3) is 3.74. The molecule has 21 heavy (non-hydrogen) atoms. The van der Waals surface area contributed by atoms with E-state index in [1.54, 1.807) is 0 Å². The monoisotopic (exact) mass is 331 g/mol. The van der Waals surface area contributed by atoms with E-state index >= 15 is 0 Å². The molecule has 0 bridgehead atoms. The zero-order valence-electron chi connectivity index (χ0n) is 10.4. The second-order valence-corrected chi connectivity index (χ2v) is 4.88. The Morgan fingerprint density at radius 1 is 1.00 bits per heavy atom. The molecule has 0 unspecified atom stereocenters. The normalized spacial score (nSPS) is 10.3. The molecule has 2 amide bonds. The summed E-state index contributed by atoms with van der Waals surface area (Å²) >= 11 is 11.5. The van der Waals surface area contributed by atoms with Gasteiger partial charge in [0.1, 0.15) is 11.6 Å². The third-order valence-corrected chi connectivity index (χ3v) is 3.25. The summed E-state index contributed by atoms with van der Waals surface area (Å²) in [5, 5.41) is 5.23. The second-order valence-electron chi connectivity index (χ2n) is 4.06. The Hall–Kier alpha value is -2.05. The van der Waals surface area contributed by atoms with E-state index in [9.17, 15) is 13.6 Å². The molecule has 0 aliphatic carbocycles. The topological polar surface area (TPSA) is 67.1 Å². The van der Waals surface area contributed by atoms with Crippen molar-refractivity contribution in [2.75, 3.05) is 16.4 Å². The summed E-state index contributed by atoms with van der Waals surface area (Å²) in [6.45, 7) is 0. The van der Waals surface area contributed by atoms with Crippen LogP contribution in [0.25, 0.3) is 0 Å². The fourth-order valence-electron chi connectivity index (χ4n) is 1.52. The highest BCUT2D eigenvalue weighted by Gasteiger charge is 2.11. The number of amides is 2. The van der Waals surface area contributed by atoms with Crippen molar-refractivity contribution in [3.8, 4) is 0 Å². The average Bonchev–Trinajstić information content (AvgIpc) is 2.40. The SMILES string of the molecule is Nc1cc(NC(=O)Nc2ccc(Cl)c(Cl)c2)c(F)cc1F. The van der Waals surface area contributed by atoms with Crippen LogP contribution in [0.1, 0.15) is 0 Å². The molecule has 0 saturated heterocycles. The highest BCUT2D eigenvalue weighted by Crippen LogP contribution is 2.25. The molecule has 0 fully saturated rings. The van der Waals surface area contributed by atoms with Crippen LogP contribution < -0.4 is 16.4 Å². The maximum Gasteiger partial charge on any atom is 0.323 e. The van der Waals surface area contributed by atoms with Crippen LogP contribution in [0.2, 0.25) is 10.0 Å². The summed E-state index contributed by atoms with van der Waals surface area (Å²) in [5.41, 5.74) is 5.15. The van der Waals surface area contributed by atoms with E-state index in [0.29, 0.717) is 16.8 Å². The van der Waals surface area contributed by atoms with Gasteiger partial charge in [0.25, 0.3) is 0 Å². The first-order valence-electron chi connectivity index (χ1n) is 5.64. The molecule has 2 aromatic rings. The first-order valence-corrected chi connectivity index (χ1v) is 6.40. The number of urea groups is 1. The minimum Gasteiger partial charge on any atom is -0.396 e. The lowest BCUT2D eigenvalue weighted by atomic mass is 10.2. The van der Waals surface area contributed by atoms with Gasteiger partial charge < -0.3 is 16.4 Å². The van der Waals surface area contributed by atoms with Crippen LogP contribution in [-0.2, 0) is 0 Å². The Balaban J connectivity index is 2.11. The molecule has 0 atom stereocenters. The van der Waals surface area contributed by atoms with Gasteiger partial charge in [-0.1, -0.05) is 23.2 Å². The van der Waals surface area contributed by atoms with Crippen LogP contribution in [0.4, 0.5) is 30.6 Å². The van der Waals surface area contributed by atoms with Crippen molar-refractivity contribution in [1.29, 1.82) is 0 Å². The summed E-state index contributed by atoms with van der Waals surface area (Å²) in [6.07, 6.45) is 0. The van der Waals surface area contributed by atoms with Gasteiger partial charge in [-0.2, -0.15) is 0 Å². The molecular weight excluding hydrogens is 323 g/mol. The molecule has 0 heterocycles. The number of hydrogen-bond donors (Lipinski definition) is 3. The minimum absolute atomic E-state index is 0.244. The van der Waals surface area contributed by atoms with E-state index in [-0.39, 0.29) is 16.4 Å². The average molecular weight is 332 g/mol. The Morgan fingerprint density at radius 3 is 2.38 bits per heavy atom. The fraction of sp³-hybridized carbons (Fsp3) is 0. The molecule has 110 valence electrons. The molecule has 2 aromatic carbocycles. The number of halogens is 4. The number of hydrogen-bond acceptors (Lipinski definition) is 2. The first kappa shape index (κ1) is 15.3. The van der Waals surface area contributed by atoms with Crippen LogP contribution in [0.15, 0.2) is 30.3 Å².